The van der Waals surface area contributed by atoms with Crippen molar-refractivity contribution < 1.29 is 27.8 Å². The Balaban J connectivity index is 2.32. The summed E-state index contributed by atoms with van der Waals surface area (Å²) in [5, 5.41) is 8.82. The Morgan fingerprint density at radius 2 is 1.96 bits per heavy atom. The predicted octanol–water partition coefficient (Wildman–Crippen LogP) is 3.52. The average molecular weight is 333 g/mol. The molecule has 23 heavy (non-hydrogen) atoms. The van der Waals surface area contributed by atoms with Crippen LogP contribution in [0.3, 0.4) is 0 Å². The number of carboxylic acid groups (broad SMARTS) is 1. The van der Waals surface area contributed by atoms with Crippen LogP contribution in [0.15, 0.2) is 24.3 Å². The molecule has 0 amide bonds. The number of ether oxygens (including phenoxy) is 1. The molecule has 7 heteroatoms. The van der Waals surface area contributed by atoms with Crippen LogP contribution in [0.1, 0.15) is 25.3 Å². The van der Waals surface area contributed by atoms with E-state index in [1.54, 1.807) is 6.92 Å². The number of halogens is 3. The van der Waals surface area contributed by atoms with Gasteiger partial charge in [0, 0.05) is 6.54 Å². The third kappa shape index (κ3) is 6.90. The Kier molecular flexibility index (Phi) is 7.35. The maximum absolute atomic E-state index is 12.8. The molecule has 0 heterocycles. The van der Waals surface area contributed by atoms with Crippen molar-refractivity contribution in [3.63, 3.8) is 0 Å². The molecule has 4 nitrogen and oxygen atoms in total. The Morgan fingerprint density at radius 1 is 1.30 bits per heavy atom. The monoisotopic (exact) mass is 333 g/mol. The molecule has 0 bridgehead atoms. The van der Waals surface area contributed by atoms with Gasteiger partial charge in [0.25, 0.3) is 0 Å². The van der Waals surface area contributed by atoms with Gasteiger partial charge in [-0.15, -0.1) is 0 Å². The molecule has 0 aliphatic carbocycles. The fourth-order valence-electron chi connectivity index (χ4n) is 2.13. The number of carbonyl (C=O) groups is 1. The topological polar surface area (TPSA) is 49.8 Å². The van der Waals surface area contributed by atoms with Crippen LogP contribution in [0.25, 0.3) is 0 Å². The summed E-state index contributed by atoms with van der Waals surface area (Å²) in [5.41, 5.74) is -0.771. The summed E-state index contributed by atoms with van der Waals surface area (Å²) < 4.78 is 43.6. The normalized spacial score (nSPS) is 13.1. The second-order valence-electron chi connectivity index (χ2n) is 5.55. The van der Waals surface area contributed by atoms with Gasteiger partial charge in [0.05, 0.1) is 18.1 Å². The van der Waals surface area contributed by atoms with Crippen molar-refractivity contribution in [3.8, 4) is 5.75 Å². The van der Waals surface area contributed by atoms with E-state index >= 15 is 0 Å². The second-order valence-corrected chi connectivity index (χ2v) is 5.55. The maximum atomic E-state index is 12.8. The molecular formula is C16H22F3NO3. The van der Waals surface area contributed by atoms with Crippen LogP contribution in [0, 0.1) is 5.92 Å². The van der Waals surface area contributed by atoms with E-state index in [1.807, 2.05) is 11.9 Å². The van der Waals surface area contributed by atoms with Gasteiger partial charge < -0.3 is 14.7 Å². The highest BCUT2D eigenvalue weighted by atomic mass is 19.4. The highest BCUT2D eigenvalue weighted by Gasteiger charge is 2.33. The summed E-state index contributed by atoms with van der Waals surface area (Å²) in [6, 6.07) is 5.14. The minimum absolute atomic E-state index is 0.159. The summed E-state index contributed by atoms with van der Waals surface area (Å²) >= 11 is 0. The molecule has 1 rings (SSSR count). The lowest BCUT2D eigenvalue weighted by molar-refractivity contribution is -0.142. The van der Waals surface area contributed by atoms with Crippen LogP contribution in [-0.4, -0.2) is 42.7 Å². The van der Waals surface area contributed by atoms with Gasteiger partial charge in [-0.2, -0.15) is 13.2 Å². The van der Waals surface area contributed by atoms with E-state index in [0.29, 0.717) is 19.5 Å². The number of aliphatic carboxylic acids is 1. The van der Waals surface area contributed by atoms with Gasteiger partial charge in [0.2, 0.25) is 0 Å². The Bertz CT molecular complexity index is 506. The van der Waals surface area contributed by atoms with Gasteiger partial charge in [-0.1, -0.05) is 19.1 Å². The molecular weight excluding hydrogens is 311 g/mol. The van der Waals surface area contributed by atoms with Crippen molar-refractivity contribution in [1.29, 1.82) is 0 Å². The molecule has 0 aliphatic heterocycles. The summed E-state index contributed by atoms with van der Waals surface area (Å²) in [4.78, 5) is 12.6. The summed E-state index contributed by atoms with van der Waals surface area (Å²) in [6.07, 6.45) is -3.11. The summed E-state index contributed by atoms with van der Waals surface area (Å²) in [6.45, 7) is 2.93. The minimum atomic E-state index is -4.43. The van der Waals surface area contributed by atoms with E-state index in [1.165, 1.54) is 18.2 Å². The van der Waals surface area contributed by atoms with Crippen molar-refractivity contribution in [1.82, 2.24) is 4.90 Å². The number of carboxylic acids is 1. The van der Waals surface area contributed by atoms with Crippen molar-refractivity contribution >= 4 is 5.97 Å². The summed E-state index contributed by atoms with van der Waals surface area (Å²) in [7, 11) is 1.82. The van der Waals surface area contributed by atoms with Crippen LogP contribution in [0.5, 0.6) is 5.75 Å². The molecule has 0 fully saturated rings. The fourth-order valence-corrected chi connectivity index (χ4v) is 2.13. The Labute approximate surface area is 133 Å². The zero-order valence-electron chi connectivity index (χ0n) is 13.3. The number of para-hydroxylation sites is 1. The number of nitrogens with zero attached hydrogens (tertiary/aromatic N) is 1. The largest absolute Gasteiger partial charge is 0.493 e. The molecule has 1 aromatic carbocycles. The SMILES string of the molecule is CC(CN(C)CCCCOc1ccccc1C(F)(F)F)C(=O)O. The first-order chi connectivity index (χ1) is 10.7. The molecule has 0 saturated carbocycles. The lowest BCUT2D eigenvalue weighted by atomic mass is 10.1. The van der Waals surface area contributed by atoms with Crippen molar-refractivity contribution in [2.24, 2.45) is 5.92 Å². The molecule has 0 radical (unpaired) electrons. The lowest BCUT2D eigenvalue weighted by Crippen LogP contribution is -2.29. The van der Waals surface area contributed by atoms with Crippen LogP contribution in [0.2, 0.25) is 0 Å². The predicted molar refractivity (Wildman–Crippen MR) is 80.5 cm³/mol. The average Bonchev–Trinajstić information content (AvgIpc) is 2.46. The third-order valence-electron chi connectivity index (χ3n) is 3.39. The molecule has 1 unspecified atom stereocenters. The van der Waals surface area contributed by atoms with Crippen LogP contribution in [0.4, 0.5) is 13.2 Å². The van der Waals surface area contributed by atoms with Gasteiger partial charge in [-0.05, 0) is 38.6 Å². The van der Waals surface area contributed by atoms with Crippen LogP contribution in [-0.2, 0) is 11.0 Å². The van der Waals surface area contributed by atoms with Crippen molar-refractivity contribution in [2.45, 2.75) is 25.9 Å². The van der Waals surface area contributed by atoms with Crippen LogP contribution < -0.4 is 4.74 Å². The van der Waals surface area contributed by atoms with E-state index in [9.17, 15) is 18.0 Å². The number of hydrogen-bond acceptors (Lipinski definition) is 3. The number of alkyl halides is 3. The highest BCUT2D eigenvalue weighted by Crippen LogP contribution is 2.35. The van der Waals surface area contributed by atoms with E-state index in [4.69, 9.17) is 9.84 Å². The molecule has 130 valence electrons. The molecule has 0 saturated heterocycles. The first-order valence-electron chi connectivity index (χ1n) is 7.42. The second kappa shape index (κ2) is 8.76. The molecule has 1 N–H and O–H groups in total. The van der Waals surface area contributed by atoms with E-state index in [2.05, 4.69) is 0 Å². The lowest BCUT2D eigenvalue weighted by Gasteiger charge is -2.19. The van der Waals surface area contributed by atoms with Gasteiger partial charge >= 0.3 is 12.1 Å². The standard InChI is InChI=1S/C16H22F3NO3/c1-12(15(21)22)11-20(2)9-5-6-10-23-14-8-4-3-7-13(14)16(17,18)19/h3-4,7-8,12H,5-6,9-11H2,1-2H3,(H,21,22). The first kappa shape index (κ1) is 19.3. The Hall–Kier alpha value is -1.76. The summed E-state index contributed by atoms with van der Waals surface area (Å²) in [5.74, 6) is -1.45. The van der Waals surface area contributed by atoms with Crippen molar-refractivity contribution in [2.75, 3.05) is 26.7 Å². The first-order valence-corrected chi connectivity index (χ1v) is 7.42. The van der Waals surface area contributed by atoms with Gasteiger partial charge in [-0.25, -0.2) is 0 Å². The number of unbranched alkanes of at least 4 members (excludes halogenated alkanes) is 1. The smallest absolute Gasteiger partial charge is 0.419 e. The highest BCUT2D eigenvalue weighted by molar-refractivity contribution is 5.69. The van der Waals surface area contributed by atoms with Crippen LogP contribution >= 0.6 is 0 Å². The quantitative estimate of drug-likeness (QED) is 0.703. The van der Waals surface area contributed by atoms with E-state index in [-0.39, 0.29) is 12.4 Å². The zero-order chi connectivity index (χ0) is 17.5. The molecule has 1 aromatic rings. The van der Waals surface area contributed by atoms with Crippen molar-refractivity contribution in [3.05, 3.63) is 29.8 Å². The number of hydrogen-bond donors (Lipinski definition) is 1. The van der Waals surface area contributed by atoms with E-state index < -0.39 is 23.6 Å². The minimum Gasteiger partial charge on any atom is -0.493 e. The van der Waals surface area contributed by atoms with Gasteiger partial charge in [0.1, 0.15) is 5.75 Å². The van der Waals surface area contributed by atoms with Gasteiger partial charge in [0.15, 0.2) is 0 Å². The van der Waals surface area contributed by atoms with Gasteiger partial charge in [-0.3, -0.25) is 4.79 Å². The maximum Gasteiger partial charge on any atom is 0.419 e. The van der Waals surface area contributed by atoms with E-state index in [0.717, 1.165) is 12.5 Å². The number of rotatable bonds is 9. The Morgan fingerprint density at radius 3 is 2.57 bits per heavy atom. The molecule has 1 atom stereocenters. The molecule has 0 aromatic heterocycles. The fraction of sp³-hybridized carbons (Fsp3) is 0.562. The number of benzene rings is 1. The molecule has 0 aliphatic rings. The zero-order valence-corrected chi connectivity index (χ0v) is 13.3. The molecule has 0 spiro atoms. The third-order valence-corrected chi connectivity index (χ3v) is 3.39.